The zero-order valence-corrected chi connectivity index (χ0v) is 13.9. The van der Waals surface area contributed by atoms with Crippen LogP contribution in [-0.2, 0) is 5.60 Å². The first kappa shape index (κ1) is 16.5. The molecule has 0 bridgehead atoms. The zero-order valence-electron chi connectivity index (χ0n) is 13.9. The fourth-order valence-corrected chi connectivity index (χ4v) is 3.68. The Bertz CT molecular complexity index is 422. The summed E-state index contributed by atoms with van der Waals surface area (Å²) in [7, 11) is 0. The maximum Gasteiger partial charge on any atom is 0.0934 e. The number of hydrogen-bond acceptors (Lipinski definition) is 2. The van der Waals surface area contributed by atoms with Gasteiger partial charge in [-0.05, 0) is 51.3 Å². The van der Waals surface area contributed by atoms with Gasteiger partial charge in [-0.25, -0.2) is 0 Å². The van der Waals surface area contributed by atoms with Gasteiger partial charge < -0.3 is 10.0 Å². The van der Waals surface area contributed by atoms with Gasteiger partial charge in [0.2, 0.25) is 0 Å². The monoisotopic (exact) mass is 289 g/mol. The van der Waals surface area contributed by atoms with Crippen LogP contribution in [0.25, 0.3) is 0 Å². The van der Waals surface area contributed by atoms with Crippen molar-refractivity contribution >= 4 is 0 Å². The zero-order chi connectivity index (χ0) is 15.3. The molecule has 0 aromatic heterocycles. The average molecular weight is 289 g/mol. The van der Waals surface area contributed by atoms with Gasteiger partial charge >= 0.3 is 0 Å². The third-order valence-corrected chi connectivity index (χ3v) is 5.08. The van der Waals surface area contributed by atoms with E-state index in [4.69, 9.17) is 0 Å². The van der Waals surface area contributed by atoms with Crippen LogP contribution in [0.3, 0.4) is 0 Å². The predicted octanol–water partition coefficient (Wildman–Crippen LogP) is 4.10. The van der Waals surface area contributed by atoms with Gasteiger partial charge in [-0.2, -0.15) is 0 Å². The maximum atomic E-state index is 11.4. The molecule has 2 nitrogen and oxygen atoms in total. The summed E-state index contributed by atoms with van der Waals surface area (Å²) in [4.78, 5) is 2.54. The third kappa shape index (κ3) is 3.87. The molecule has 1 fully saturated rings. The number of benzene rings is 1. The molecule has 1 aliphatic heterocycles. The largest absolute Gasteiger partial charge is 0.385 e. The molecule has 2 heteroatoms. The minimum Gasteiger partial charge on any atom is -0.385 e. The quantitative estimate of drug-likeness (QED) is 0.816. The van der Waals surface area contributed by atoms with E-state index >= 15 is 0 Å². The van der Waals surface area contributed by atoms with E-state index in [-0.39, 0.29) is 0 Å². The molecule has 118 valence electrons. The molecule has 1 aromatic carbocycles. The molecule has 0 amide bonds. The SMILES string of the molecule is CCCC(CN1CCCC1)C(O)(CC)c1ccc(C)cc1. The second-order valence-electron chi connectivity index (χ2n) is 6.64. The van der Waals surface area contributed by atoms with Gasteiger partial charge in [0.1, 0.15) is 0 Å². The van der Waals surface area contributed by atoms with Crippen molar-refractivity contribution in [1.29, 1.82) is 0 Å². The van der Waals surface area contributed by atoms with Crippen LogP contribution in [-0.4, -0.2) is 29.6 Å². The van der Waals surface area contributed by atoms with Crippen LogP contribution in [0.15, 0.2) is 24.3 Å². The van der Waals surface area contributed by atoms with Crippen molar-refractivity contribution in [3.8, 4) is 0 Å². The van der Waals surface area contributed by atoms with E-state index in [0.717, 1.165) is 31.4 Å². The Morgan fingerprint density at radius 3 is 2.29 bits per heavy atom. The molecule has 1 aliphatic rings. The van der Waals surface area contributed by atoms with Crippen molar-refractivity contribution in [2.75, 3.05) is 19.6 Å². The van der Waals surface area contributed by atoms with Crippen LogP contribution in [0.5, 0.6) is 0 Å². The summed E-state index contributed by atoms with van der Waals surface area (Å²) in [6, 6.07) is 8.47. The highest BCUT2D eigenvalue weighted by Gasteiger charge is 2.37. The fraction of sp³-hybridized carbons (Fsp3) is 0.684. The topological polar surface area (TPSA) is 23.5 Å². The van der Waals surface area contributed by atoms with Gasteiger partial charge in [-0.3, -0.25) is 0 Å². The van der Waals surface area contributed by atoms with Crippen LogP contribution < -0.4 is 0 Å². The Balaban J connectivity index is 2.21. The predicted molar refractivity (Wildman–Crippen MR) is 89.4 cm³/mol. The van der Waals surface area contributed by atoms with Gasteiger partial charge in [0.05, 0.1) is 5.60 Å². The normalized spacial score (nSPS) is 20.4. The fourth-order valence-electron chi connectivity index (χ4n) is 3.68. The molecular weight excluding hydrogens is 258 g/mol. The van der Waals surface area contributed by atoms with E-state index in [2.05, 4.69) is 49.9 Å². The van der Waals surface area contributed by atoms with Crippen molar-refractivity contribution < 1.29 is 5.11 Å². The molecule has 21 heavy (non-hydrogen) atoms. The molecule has 2 rings (SSSR count). The molecule has 1 aromatic rings. The lowest BCUT2D eigenvalue weighted by Gasteiger charge is -2.38. The second kappa shape index (κ2) is 7.42. The second-order valence-corrected chi connectivity index (χ2v) is 6.64. The van der Waals surface area contributed by atoms with Gasteiger partial charge in [0, 0.05) is 12.5 Å². The van der Waals surface area contributed by atoms with Gasteiger partial charge in [-0.15, -0.1) is 0 Å². The summed E-state index contributed by atoms with van der Waals surface area (Å²) < 4.78 is 0. The first-order valence-electron chi connectivity index (χ1n) is 8.62. The maximum absolute atomic E-state index is 11.4. The Kier molecular flexibility index (Phi) is 5.83. The highest BCUT2D eigenvalue weighted by atomic mass is 16.3. The molecular formula is C19H31NO. The highest BCUT2D eigenvalue weighted by molar-refractivity contribution is 5.27. The van der Waals surface area contributed by atoms with Gasteiger partial charge in [0.25, 0.3) is 0 Å². The van der Waals surface area contributed by atoms with Crippen LogP contribution >= 0.6 is 0 Å². The molecule has 1 saturated heterocycles. The number of aliphatic hydroxyl groups is 1. The molecule has 1 heterocycles. The first-order chi connectivity index (χ1) is 10.1. The van der Waals surface area contributed by atoms with Crippen molar-refractivity contribution in [1.82, 2.24) is 4.90 Å². The summed E-state index contributed by atoms with van der Waals surface area (Å²) in [5, 5.41) is 11.4. The van der Waals surface area contributed by atoms with E-state index in [1.54, 1.807) is 0 Å². The third-order valence-electron chi connectivity index (χ3n) is 5.08. The molecule has 0 aliphatic carbocycles. The molecule has 0 saturated carbocycles. The average Bonchev–Trinajstić information content (AvgIpc) is 3.00. The van der Waals surface area contributed by atoms with E-state index in [1.165, 1.54) is 31.5 Å². The summed E-state index contributed by atoms with van der Waals surface area (Å²) in [5.74, 6) is 0.327. The number of rotatable bonds is 7. The molecule has 2 unspecified atom stereocenters. The molecule has 2 atom stereocenters. The smallest absolute Gasteiger partial charge is 0.0934 e. The molecule has 1 N–H and O–H groups in total. The van der Waals surface area contributed by atoms with E-state index < -0.39 is 5.60 Å². The van der Waals surface area contributed by atoms with Crippen LogP contribution in [0.2, 0.25) is 0 Å². The Labute approximate surface area is 130 Å². The van der Waals surface area contributed by atoms with Crippen molar-refractivity contribution in [2.45, 2.75) is 58.5 Å². The minimum absolute atomic E-state index is 0.327. The van der Waals surface area contributed by atoms with E-state index in [1.807, 2.05) is 0 Å². The van der Waals surface area contributed by atoms with Crippen molar-refractivity contribution in [2.24, 2.45) is 5.92 Å². The molecule has 0 spiro atoms. The lowest BCUT2D eigenvalue weighted by Crippen LogP contribution is -2.41. The Hall–Kier alpha value is -0.860. The summed E-state index contributed by atoms with van der Waals surface area (Å²) >= 11 is 0. The summed E-state index contributed by atoms with van der Waals surface area (Å²) in [6.07, 6.45) is 5.64. The highest BCUT2D eigenvalue weighted by Crippen LogP contribution is 2.37. The summed E-state index contributed by atoms with van der Waals surface area (Å²) in [5.41, 5.74) is 1.66. The lowest BCUT2D eigenvalue weighted by atomic mass is 9.76. The number of nitrogens with zero attached hydrogens (tertiary/aromatic N) is 1. The summed E-state index contributed by atoms with van der Waals surface area (Å²) in [6.45, 7) is 9.88. The number of aryl methyl sites for hydroxylation is 1. The van der Waals surface area contributed by atoms with Crippen LogP contribution in [0.1, 0.15) is 57.1 Å². The van der Waals surface area contributed by atoms with Crippen LogP contribution in [0.4, 0.5) is 0 Å². The van der Waals surface area contributed by atoms with Gasteiger partial charge in [0.15, 0.2) is 0 Å². The Morgan fingerprint density at radius 1 is 1.14 bits per heavy atom. The lowest BCUT2D eigenvalue weighted by molar-refractivity contribution is -0.0425. The van der Waals surface area contributed by atoms with E-state index in [0.29, 0.717) is 5.92 Å². The number of hydrogen-bond donors (Lipinski definition) is 1. The minimum atomic E-state index is -0.688. The van der Waals surface area contributed by atoms with E-state index in [9.17, 15) is 5.11 Å². The van der Waals surface area contributed by atoms with Crippen molar-refractivity contribution in [3.05, 3.63) is 35.4 Å². The Morgan fingerprint density at radius 2 is 1.76 bits per heavy atom. The van der Waals surface area contributed by atoms with Crippen molar-refractivity contribution in [3.63, 3.8) is 0 Å². The molecule has 0 radical (unpaired) electrons. The number of likely N-dealkylation sites (tertiary alicyclic amines) is 1. The van der Waals surface area contributed by atoms with Crippen LogP contribution in [0, 0.1) is 12.8 Å². The first-order valence-corrected chi connectivity index (χ1v) is 8.62. The van der Waals surface area contributed by atoms with Gasteiger partial charge in [-0.1, -0.05) is 50.1 Å². The standard InChI is InChI=1S/C19H31NO/c1-4-8-18(15-20-13-6-7-14-20)19(21,5-2)17-11-9-16(3)10-12-17/h9-12,18,21H,4-8,13-15H2,1-3H3.